The fourth-order valence-corrected chi connectivity index (χ4v) is 3.14. The Morgan fingerprint density at radius 2 is 1.93 bits per heavy atom. The number of hydrogen-bond acceptors (Lipinski definition) is 4. The van der Waals surface area contributed by atoms with Crippen molar-refractivity contribution in [2.45, 2.75) is 39.3 Å². The van der Waals surface area contributed by atoms with Crippen molar-refractivity contribution in [3.05, 3.63) is 58.3 Å². The van der Waals surface area contributed by atoms with E-state index in [-0.39, 0.29) is 11.5 Å². The molecule has 0 N–H and O–H groups in total. The summed E-state index contributed by atoms with van der Waals surface area (Å²) in [5, 5.41) is 9.69. The summed E-state index contributed by atoms with van der Waals surface area (Å²) in [6.07, 6.45) is 6.55. The van der Waals surface area contributed by atoms with Gasteiger partial charge < -0.3 is 4.90 Å². The standard InChI is InChI=1S/C20H25N5O2/c1-4-5-8-11-25-19(26)17-10-7-6-9-16(17)18(22-25)20(27)23(2)13-15-12-21-24(3)14-15/h6-7,9-10,12,14H,4-5,8,11,13H2,1-3H3. The Morgan fingerprint density at radius 3 is 2.59 bits per heavy atom. The molecular formula is C20H25N5O2. The van der Waals surface area contributed by atoms with Crippen LogP contribution in [0, 0.1) is 0 Å². The maximum Gasteiger partial charge on any atom is 0.274 e. The third kappa shape index (κ3) is 4.07. The number of hydrogen-bond donors (Lipinski definition) is 0. The van der Waals surface area contributed by atoms with Crippen molar-refractivity contribution in [1.82, 2.24) is 24.5 Å². The fraction of sp³-hybridized carbons (Fsp3) is 0.400. The second kappa shape index (κ2) is 8.16. The third-order valence-corrected chi connectivity index (χ3v) is 4.57. The van der Waals surface area contributed by atoms with Gasteiger partial charge in [-0.15, -0.1) is 0 Å². The first-order chi connectivity index (χ1) is 13.0. The van der Waals surface area contributed by atoms with E-state index in [1.807, 2.05) is 25.4 Å². The number of amides is 1. The first-order valence-corrected chi connectivity index (χ1v) is 9.24. The molecule has 0 radical (unpaired) electrons. The van der Waals surface area contributed by atoms with Crippen molar-refractivity contribution in [3.63, 3.8) is 0 Å². The van der Waals surface area contributed by atoms with Gasteiger partial charge in [-0.2, -0.15) is 10.2 Å². The molecule has 0 aliphatic carbocycles. The Labute approximate surface area is 158 Å². The normalized spacial score (nSPS) is 11.1. The van der Waals surface area contributed by atoms with Gasteiger partial charge in [-0.1, -0.05) is 38.0 Å². The number of rotatable bonds is 7. The highest BCUT2D eigenvalue weighted by Crippen LogP contribution is 2.16. The molecule has 0 aliphatic rings. The highest BCUT2D eigenvalue weighted by atomic mass is 16.2. The predicted octanol–water partition coefficient (Wildman–Crippen LogP) is 2.59. The van der Waals surface area contributed by atoms with E-state index in [1.54, 1.807) is 35.0 Å². The topological polar surface area (TPSA) is 73.0 Å². The van der Waals surface area contributed by atoms with Crippen LogP contribution in [-0.4, -0.2) is 37.4 Å². The van der Waals surface area contributed by atoms with Crippen LogP contribution in [0.15, 0.2) is 41.5 Å². The van der Waals surface area contributed by atoms with Crippen LogP contribution >= 0.6 is 0 Å². The molecule has 0 bridgehead atoms. The van der Waals surface area contributed by atoms with Crippen molar-refractivity contribution in [3.8, 4) is 0 Å². The molecule has 0 fully saturated rings. The van der Waals surface area contributed by atoms with Crippen LogP contribution in [0.5, 0.6) is 0 Å². The Hall–Kier alpha value is -2.96. The van der Waals surface area contributed by atoms with Gasteiger partial charge in [-0.05, 0) is 12.5 Å². The minimum Gasteiger partial charge on any atom is -0.336 e. The summed E-state index contributed by atoms with van der Waals surface area (Å²) in [6, 6.07) is 7.18. The predicted molar refractivity (Wildman–Crippen MR) is 105 cm³/mol. The number of nitrogens with zero attached hydrogens (tertiary/aromatic N) is 5. The van der Waals surface area contributed by atoms with Gasteiger partial charge in [0, 0.05) is 44.3 Å². The SMILES string of the molecule is CCCCCn1nc(C(=O)N(C)Cc2cnn(C)c2)c2ccccc2c1=O. The number of benzene rings is 1. The van der Waals surface area contributed by atoms with Crippen LogP contribution < -0.4 is 5.56 Å². The molecule has 0 unspecified atom stereocenters. The van der Waals surface area contributed by atoms with Gasteiger partial charge >= 0.3 is 0 Å². The van der Waals surface area contributed by atoms with Crippen molar-refractivity contribution in [1.29, 1.82) is 0 Å². The van der Waals surface area contributed by atoms with Gasteiger partial charge in [-0.25, -0.2) is 4.68 Å². The van der Waals surface area contributed by atoms with E-state index in [4.69, 9.17) is 0 Å². The molecule has 1 aromatic carbocycles. The van der Waals surface area contributed by atoms with Crippen LogP contribution in [0.4, 0.5) is 0 Å². The zero-order valence-corrected chi connectivity index (χ0v) is 16.1. The third-order valence-electron chi connectivity index (χ3n) is 4.57. The van der Waals surface area contributed by atoms with Crippen molar-refractivity contribution in [2.75, 3.05) is 7.05 Å². The summed E-state index contributed by atoms with van der Waals surface area (Å²) in [5.74, 6) is -0.209. The van der Waals surface area contributed by atoms with E-state index >= 15 is 0 Å². The lowest BCUT2D eigenvalue weighted by molar-refractivity contribution is 0.0778. The fourth-order valence-electron chi connectivity index (χ4n) is 3.14. The Kier molecular flexibility index (Phi) is 5.69. The summed E-state index contributed by atoms with van der Waals surface area (Å²) in [5.41, 5.74) is 1.11. The molecule has 3 rings (SSSR count). The summed E-state index contributed by atoms with van der Waals surface area (Å²) >= 11 is 0. The Balaban J connectivity index is 1.97. The molecular weight excluding hydrogens is 342 g/mol. The highest BCUT2D eigenvalue weighted by Gasteiger charge is 2.20. The van der Waals surface area contributed by atoms with Gasteiger partial charge in [0.25, 0.3) is 11.5 Å². The zero-order valence-electron chi connectivity index (χ0n) is 16.1. The molecule has 0 atom stereocenters. The summed E-state index contributed by atoms with van der Waals surface area (Å²) in [4.78, 5) is 27.4. The number of aryl methyl sites for hydroxylation is 2. The average Bonchev–Trinajstić information content (AvgIpc) is 3.08. The number of fused-ring (bicyclic) bond motifs is 1. The first-order valence-electron chi connectivity index (χ1n) is 9.24. The molecule has 7 heteroatoms. The van der Waals surface area contributed by atoms with Crippen molar-refractivity contribution in [2.24, 2.45) is 7.05 Å². The maximum atomic E-state index is 13.1. The zero-order chi connectivity index (χ0) is 19.4. The van der Waals surface area contributed by atoms with Crippen molar-refractivity contribution < 1.29 is 4.79 Å². The molecule has 1 amide bonds. The average molecular weight is 367 g/mol. The Bertz CT molecular complexity index is 1010. The van der Waals surface area contributed by atoms with E-state index in [9.17, 15) is 9.59 Å². The lowest BCUT2D eigenvalue weighted by Crippen LogP contribution is -2.32. The number of carbonyl (C=O) groups is 1. The summed E-state index contributed by atoms with van der Waals surface area (Å²) in [6.45, 7) is 3.06. The second-order valence-electron chi connectivity index (χ2n) is 6.81. The lowest BCUT2D eigenvalue weighted by Gasteiger charge is -2.18. The summed E-state index contributed by atoms with van der Waals surface area (Å²) in [7, 11) is 3.57. The number of aromatic nitrogens is 4. The largest absolute Gasteiger partial charge is 0.336 e. The molecule has 142 valence electrons. The molecule has 2 aromatic heterocycles. The minimum absolute atomic E-state index is 0.145. The van der Waals surface area contributed by atoms with E-state index < -0.39 is 0 Å². The Morgan fingerprint density at radius 1 is 1.19 bits per heavy atom. The lowest BCUT2D eigenvalue weighted by atomic mass is 10.1. The number of carbonyl (C=O) groups excluding carboxylic acids is 1. The second-order valence-corrected chi connectivity index (χ2v) is 6.81. The van der Waals surface area contributed by atoms with Gasteiger partial charge in [0.1, 0.15) is 0 Å². The van der Waals surface area contributed by atoms with Crippen molar-refractivity contribution >= 4 is 16.7 Å². The molecule has 0 spiro atoms. The smallest absolute Gasteiger partial charge is 0.274 e. The molecule has 27 heavy (non-hydrogen) atoms. The summed E-state index contributed by atoms with van der Waals surface area (Å²) < 4.78 is 3.14. The van der Waals surface area contributed by atoms with Crippen LogP contribution in [0.25, 0.3) is 10.8 Å². The van der Waals surface area contributed by atoms with E-state index in [1.165, 1.54) is 4.68 Å². The molecule has 0 saturated heterocycles. The first kappa shape index (κ1) is 18.8. The van der Waals surface area contributed by atoms with E-state index in [2.05, 4.69) is 17.1 Å². The van der Waals surface area contributed by atoms with Gasteiger partial charge in [-0.3, -0.25) is 14.3 Å². The minimum atomic E-state index is -0.209. The van der Waals surface area contributed by atoms with E-state index in [0.717, 1.165) is 24.8 Å². The number of unbranched alkanes of at least 4 members (excludes halogenated alkanes) is 2. The van der Waals surface area contributed by atoms with E-state index in [0.29, 0.717) is 29.6 Å². The molecule has 0 aliphatic heterocycles. The van der Waals surface area contributed by atoms with Crippen LogP contribution in [-0.2, 0) is 20.1 Å². The van der Waals surface area contributed by atoms with Gasteiger partial charge in [0.15, 0.2) is 5.69 Å². The van der Waals surface area contributed by atoms with Crippen LogP contribution in [0.1, 0.15) is 42.2 Å². The molecule has 7 nitrogen and oxygen atoms in total. The van der Waals surface area contributed by atoms with Gasteiger partial charge in [0.05, 0.1) is 11.6 Å². The quantitative estimate of drug-likeness (QED) is 0.602. The monoisotopic (exact) mass is 367 g/mol. The molecule has 2 heterocycles. The van der Waals surface area contributed by atoms with Gasteiger partial charge in [0.2, 0.25) is 0 Å². The van der Waals surface area contributed by atoms with Crippen LogP contribution in [0.3, 0.4) is 0 Å². The van der Waals surface area contributed by atoms with Crippen LogP contribution in [0.2, 0.25) is 0 Å². The molecule has 0 saturated carbocycles. The maximum absolute atomic E-state index is 13.1. The highest BCUT2D eigenvalue weighted by molar-refractivity contribution is 6.04. The molecule has 3 aromatic rings.